The zero-order valence-electron chi connectivity index (χ0n) is 18.5. The Hall–Kier alpha value is -3.44. The van der Waals surface area contributed by atoms with Crippen molar-refractivity contribution in [2.45, 2.75) is 26.2 Å². The summed E-state index contributed by atoms with van der Waals surface area (Å²) in [5, 5.41) is 14.0. The first-order valence-electron chi connectivity index (χ1n) is 11.4. The molecule has 0 atom stereocenters. The van der Waals surface area contributed by atoms with Gasteiger partial charge in [-0.05, 0) is 86.2 Å². The van der Waals surface area contributed by atoms with Gasteiger partial charge in [0.1, 0.15) is 5.69 Å². The molecule has 1 saturated heterocycles. The van der Waals surface area contributed by atoms with Crippen molar-refractivity contribution < 1.29 is 0 Å². The highest BCUT2D eigenvalue weighted by molar-refractivity contribution is 5.90. The first kappa shape index (κ1) is 20.5. The Balaban J connectivity index is 1.50. The predicted molar refractivity (Wildman–Crippen MR) is 132 cm³/mol. The standard InChI is InChI=1S/C27H29N5/c1-3-21(23-13-20(16-29-17-23)12-19-8-10-28-11-9-19)14-24-18(2)31-32-27(24)26-15-22-6-4-5-7-25(22)30-26/h3-7,13-17,19,28,30-31H,2,8-12H2,1H3/b21-3+,24-14+. The minimum atomic E-state index is 0.736. The van der Waals surface area contributed by atoms with E-state index in [4.69, 9.17) is 0 Å². The van der Waals surface area contributed by atoms with E-state index < -0.39 is 0 Å². The molecule has 0 saturated carbocycles. The molecule has 0 spiro atoms. The molecule has 5 heteroatoms. The Morgan fingerprint density at radius 3 is 2.81 bits per heavy atom. The summed E-state index contributed by atoms with van der Waals surface area (Å²) in [7, 11) is 0. The number of fused-ring (bicyclic) bond motifs is 1. The number of pyridine rings is 1. The summed E-state index contributed by atoms with van der Waals surface area (Å²) in [4.78, 5) is 8.04. The molecule has 3 aromatic heterocycles. The Morgan fingerprint density at radius 1 is 1.16 bits per heavy atom. The lowest BCUT2D eigenvalue weighted by atomic mass is 9.91. The quantitative estimate of drug-likeness (QED) is 0.457. The van der Waals surface area contributed by atoms with Gasteiger partial charge in [-0.3, -0.25) is 10.1 Å². The third-order valence-corrected chi connectivity index (χ3v) is 6.39. The van der Waals surface area contributed by atoms with E-state index in [9.17, 15) is 0 Å². The van der Waals surface area contributed by atoms with Gasteiger partial charge in [0.2, 0.25) is 0 Å². The Kier molecular flexibility index (Phi) is 5.73. The fraction of sp³-hybridized carbons (Fsp3) is 0.259. The molecule has 1 aliphatic rings. The molecule has 0 aliphatic carbocycles. The first-order chi connectivity index (χ1) is 15.7. The van der Waals surface area contributed by atoms with Crippen LogP contribution in [0.15, 0.2) is 54.9 Å². The van der Waals surface area contributed by atoms with Crippen molar-refractivity contribution in [1.29, 1.82) is 0 Å². The molecule has 5 nitrogen and oxygen atoms in total. The largest absolute Gasteiger partial charge is 0.353 e. The molecule has 0 unspecified atom stereocenters. The summed E-state index contributed by atoms with van der Waals surface area (Å²) in [5.74, 6) is 0.736. The summed E-state index contributed by atoms with van der Waals surface area (Å²) in [6.45, 7) is 8.49. The highest BCUT2D eigenvalue weighted by Gasteiger charge is 2.14. The van der Waals surface area contributed by atoms with E-state index in [-0.39, 0.29) is 0 Å². The Bertz CT molecular complexity index is 1340. The molecule has 0 radical (unpaired) electrons. The van der Waals surface area contributed by atoms with Crippen molar-refractivity contribution in [2.24, 2.45) is 5.92 Å². The normalized spacial score (nSPS) is 16.2. The van der Waals surface area contributed by atoms with Crippen molar-refractivity contribution in [3.8, 4) is 11.4 Å². The van der Waals surface area contributed by atoms with E-state index in [1.54, 1.807) is 0 Å². The molecule has 1 fully saturated rings. The highest BCUT2D eigenvalue weighted by Crippen LogP contribution is 2.23. The van der Waals surface area contributed by atoms with Gasteiger partial charge in [0, 0.05) is 28.5 Å². The molecule has 3 N–H and O–H groups in total. The van der Waals surface area contributed by atoms with Crippen LogP contribution < -0.4 is 15.9 Å². The average molecular weight is 424 g/mol. The summed E-state index contributed by atoms with van der Waals surface area (Å²) in [6, 6.07) is 12.7. The number of piperidine rings is 1. The van der Waals surface area contributed by atoms with E-state index >= 15 is 0 Å². The molecule has 0 bridgehead atoms. The van der Waals surface area contributed by atoms with Crippen LogP contribution in [-0.4, -0.2) is 33.3 Å². The molecule has 162 valence electrons. The second-order valence-corrected chi connectivity index (χ2v) is 8.60. The van der Waals surface area contributed by atoms with Crippen LogP contribution in [0.2, 0.25) is 0 Å². The van der Waals surface area contributed by atoms with Crippen LogP contribution >= 0.6 is 0 Å². The van der Waals surface area contributed by atoms with Gasteiger partial charge >= 0.3 is 0 Å². The third kappa shape index (κ3) is 4.16. The Morgan fingerprint density at radius 2 is 2.00 bits per heavy atom. The molecule has 1 aliphatic heterocycles. The van der Waals surface area contributed by atoms with E-state index in [2.05, 4.69) is 75.4 Å². The molecule has 0 amide bonds. The molecule has 4 heterocycles. The number of benzene rings is 1. The van der Waals surface area contributed by atoms with Crippen LogP contribution in [0.25, 0.3) is 40.5 Å². The molecule has 5 rings (SSSR count). The Labute approximate surface area is 188 Å². The average Bonchev–Trinajstić information content (AvgIpc) is 3.41. The van der Waals surface area contributed by atoms with Crippen LogP contribution in [-0.2, 0) is 6.42 Å². The van der Waals surface area contributed by atoms with Crippen molar-refractivity contribution in [2.75, 3.05) is 13.1 Å². The lowest BCUT2D eigenvalue weighted by molar-refractivity contribution is 0.372. The number of para-hydroxylation sites is 1. The van der Waals surface area contributed by atoms with Crippen molar-refractivity contribution in [3.05, 3.63) is 76.6 Å². The van der Waals surface area contributed by atoms with Gasteiger partial charge in [0.25, 0.3) is 0 Å². The van der Waals surface area contributed by atoms with E-state index in [0.29, 0.717) is 0 Å². The van der Waals surface area contributed by atoms with Gasteiger partial charge in [0.05, 0.1) is 11.0 Å². The highest BCUT2D eigenvalue weighted by atomic mass is 15.1. The second kappa shape index (κ2) is 8.97. The van der Waals surface area contributed by atoms with Gasteiger partial charge in [0.15, 0.2) is 0 Å². The summed E-state index contributed by atoms with van der Waals surface area (Å²) in [5.41, 5.74) is 6.51. The molecule has 1 aromatic carbocycles. The minimum absolute atomic E-state index is 0.736. The molecule has 32 heavy (non-hydrogen) atoms. The fourth-order valence-electron chi connectivity index (χ4n) is 4.61. The molecule has 4 aromatic rings. The number of nitrogens with zero attached hydrogens (tertiary/aromatic N) is 2. The van der Waals surface area contributed by atoms with E-state index in [1.807, 2.05) is 24.5 Å². The SMILES string of the molecule is C=c1[nH]nc(-c2cc3ccccc3[nH]2)/c1=C/C(=C\C)c1cncc(CC2CCNCC2)c1. The topological polar surface area (TPSA) is 69.4 Å². The van der Waals surface area contributed by atoms with Crippen LogP contribution in [0.1, 0.15) is 30.9 Å². The monoisotopic (exact) mass is 423 g/mol. The van der Waals surface area contributed by atoms with Crippen LogP contribution in [0.5, 0.6) is 0 Å². The molecular formula is C27H29N5. The lowest BCUT2D eigenvalue weighted by Gasteiger charge is -2.22. The summed E-state index contributed by atoms with van der Waals surface area (Å²) < 4.78 is 0. The second-order valence-electron chi connectivity index (χ2n) is 8.60. The predicted octanol–water partition coefficient (Wildman–Crippen LogP) is 3.79. The van der Waals surface area contributed by atoms with E-state index in [0.717, 1.165) is 64.0 Å². The van der Waals surface area contributed by atoms with Crippen LogP contribution in [0.4, 0.5) is 0 Å². The number of hydrogen-bond acceptors (Lipinski definition) is 3. The molecular weight excluding hydrogens is 394 g/mol. The number of hydrogen-bond donors (Lipinski definition) is 3. The van der Waals surface area contributed by atoms with Gasteiger partial charge in [-0.2, -0.15) is 5.10 Å². The maximum atomic E-state index is 4.56. The number of allylic oxidation sites excluding steroid dienone is 2. The fourth-order valence-corrected chi connectivity index (χ4v) is 4.61. The smallest absolute Gasteiger partial charge is 0.116 e. The van der Waals surface area contributed by atoms with Gasteiger partial charge in [-0.25, -0.2) is 0 Å². The maximum Gasteiger partial charge on any atom is 0.116 e. The zero-order valence-corrected chi connectivity index (χ0v) is 18.5. The third-order valence-electron chi connectivity index (χ3n) is 6.39. The van der Waals surface area contributed by atoms with E-state index in [1.165, 1.54) is 23.8 Å². The van der Waals surface area contributed by atoms with Crippen molar-refractivity contribution in [3.63, 3.8) is 0 Å². The number of nitrogens with one attached hydrogen (secondary N) is 3. The first-order valence-corrected chi connectivity index (χ1v) is 11.4. The number of aromatic nitrogens is 4. The zero-order chi connectivity index (χ0) is 21.9. The number of rotatable bonds is 5. The maximum absolute atomic E-state index is 4.56. The van der Waals surface area contributed by atoms with Crippen LogP contribution in [0.3, 0.4) is 0 Å². The van der Waals surface area contributed by atoms with Crippen molar-refractivity contribution >= 4 is 29.1 Å². The summed E-state index contributed by atoms with van der Waals surface area (Å²) >= 11 is 0. The number of aromatic amines is 2. The van der Waals surface area contributed by atoms with Crippen molar-refractivity contribution in [1.82, 2.24) is 25.5 Å². The number of H-pyrrole nitrogens is 2. The minimum Gasteiger partial charge on any atom is -0.353 e. The van der Waals surface area contributed by atoms with Crippen LogP contribution in [0, 0.1) is 5.92 Å². The van der Waals surface area contributed by atoms with Gasteiger partial charge < -0.3 is 10.3 Å². The van der Waals surface area contributed by atoms with Gasteiger partial charge in [-0.1, -0.05) is 30.9 Å². The summed E-state index contributed by atoms with van der Waals surface area (Å²) in [6.07, 6.45) is 11.8. The lowest BCUT2D eigenvalue weighted by Crippen LogP contribution is -2.28. The van der Waals surface area contributed by atoms with Gasteiger partial charge in [-0.15, -0.1) is 0 Å².